The quantitative estimate of drug-likeness (QED) is 0.576. The molecule has 0 aromatic carbocycles. The summed E-state index contributed by atoms with van der Waals surface area (Å²) in [5.74, 6) is -0.0325. The average Bonchev–Trinajstić information content (AvgIpc) is 2.69. The Labute approximate surface area is 93.8 Å². The maximum absolute atomic E-state index is 11.9. The highest BCUT2D eigenvalue weighted by Gasteiger charge is 2.08. The summed E-state index contributed by atoms with van der Waals surface area (Å²) in [7, 11) is 3.75. The highest BCUT2D eigenvalue weighted by Crippen LogP contribution is 2.11. The van der Waals surface area contributed by atoms with Crippen LogP contribution in [0.3, 0.4) is 0 Å². The lowest BCUT2D eigenvalue weighted by Gasteiger charge is -2.02. The highest BCUT2D eigenvalue weighted by molar-refractivity contribution is 6.09. The van der Waals surface area contributed by atoms with E-state index in [0.717, 1.165) is 5.52 Å². The van der Waals surface area contributed by atoms with Crippen LogP contribution in [0.15, 0.2) is 42.9 Å². The molecule has 0 bridgehead atoms. The summed E-state index contributed by atoms with van der Waals surface area (Å²) in [6.07, 6.45) is 6.69. The van der Waals surface area contributed by atoms with Crippen molar-refractivity contribution in [3.8, 4) is 0 Å². The molecule has 2 aromatic heterocycles. The molecule has 0 amide bonds. The Morgan fingerprint density at radius 1 is 1.44 bits per heavy atom. The molecular formula is C12H13N3O. The zero-order valence-electron chi connectivity index (χ0n) is 9.29. The monoisotopic (exact) mass is 215 g/mol. The Balaban J connectivity index is 2.37. The standard InChI is InChI=1S/C12H13N3O/c1-14(2)8-6-12(16)10-9-13-15-7-4-3-5-11(10)15/h3-9H,1-2H3/b8-6+. The van der Waals surface area contributed by atoms with Crippen LogP contribution in [0.1, 0.15) is 10.4 Å². The Hall–Kier alpha value is -2.10. The van der Waals surface area contributed by atoms with Gasteiger partial charge in [-0.25, -0.2) is 4.52 Å². The van der Waals surface area contributed by atoms with Crippen LogP contribution in [0, 0.1) is 0 Å². The fourth-order valence-corrected chi connectivity index (χ4v) is 1.43. The topological polar surface area (TPSA) is 37.6 Å². The van der Waals surface area contributed by atoms with Crippen LogP contribution in [0.4, 0.5) is 0 Å². The number of hydrogen-bond donors (Lipinski definition) is 0. The number of ketones is 1. The molecule has 0 aliphatic carbocycles. The van der Waals surface area contributed by atoms with E-state index >= 15 is 0 Å². The van der Waals surface area contributed by atoms with E-state index in [1.165, 1.54) is 0 Å². The molecule has 2 heterocycles. The minimum Gasteiger partial charge on any atom is -0.383 e. The number of allylic oxidation sites excluding steroid dienone is 1. The lowest BCUT2D eigenvalue weighted by molar-refractivity contribution is 0.104. The molecule has 82 valence electrons. The molecule has 0 radical (unpaired) electrons. The first-order chi connectivity index (χ1) is 7.68. The smallest absolute Gasteiger partial charge is 0.191 e. The van der Waals surface area contributed by atoms with Crippen molar-refractivity contribution in [2.45, 2.75) is 0 Å². The molecule has 4 nitrogen and oxygen atoms in total. The molecule has 0 aliphatic heterocycles. The van der Waals surface area contributed by atoms with E-state index in [9.17, 15) is 4.79 Å². The van der Waals surface area contributed by atoms with Gasteiger partial charge in [0.05, 0.1) is 17.3 Å². The number of nitrogens with zero attached hydrogens (tertiary/aromatic N) is 3. The van der Waals surface area contributed by atoms with Crippen molar-refractivity contribution in [2.24, 2.45) is 0 Å². The van der Waals surface area contributed by atoms with Gasteiger partial charge in [0.2, 0.25) is 0 Å². The Morgan fingerprint density at radius 3 is 3.00 bits per heavy atom. The van der Waals surface area contributed by atoms with Crippen molar-refractivity contribution >= 4 is 11.3 Å². The van der Waals surface area contributed by atoms with Crippen molar-refractivity contribution in [1.82, 2.24) is 14.5 Å². The first-order valence-electron chi connectivity index (χ1n) is 5.00. The molecule has 0 saturated carbocycles. The van der Waals surface area contributed by atoms with Gasteiger partial charge in [0.15, 0.2) is 5.78 Å². The molecular weight excluding hydrogens is 202 g/mol. The molecule has 16 heavy (non-hydrogen) atoms. The molecule has 0 spiro atoms. The van der Waals surface area contributed by atoms with Crippen molar-refractivity contribution in [3.05, 3.63) is 48.4 Å². The maximum Gasteiger partial charge on any atom is 0.191 e. The van der Waals surface area contributed by atoms with Gasteiger partial charge in [0.1, 0.15) is 0 Å². The summed E-state index contributed by atoms with van der Waals surface area (Å²) < 4.78 is 1.69. The fourth-order valence-electron chi connectivity index (χ4n) is 1.43. The van der Waals surface area contributed by atoms with Crippen LogP contribution in [0.5, 0.6) is 0 Å². The van der Waals surface area contributed by atoms with Gasteiger partial charge in [-0.2, -0.15) is 5.10 Å². The van der Waals surface area contributed by atoms with E-state index in [1.54, 1.807) is 23.0 Å². The van der Waals surface area contributed by atoms with Crippen LogP contribution >= 0.6 is 0 Å². The number of carbonyl (C=O) groups excluding carboxylic acids is 1. The summed E-state index contributed by atoms with van der Waals surface area (Å²) in [5, 5.41) is 4.12. The summed E-state index contributed by atoms with van der Waals surface area (Å²) in [6, 6.07) is 5.65. The Kier molecular flexibility index (Phi) is 2.72. The second-order valence-electron chi connectivity index (χ2n) is 3.73. The van der Waals surface area contributed by atoms with Gasteiger partial charge >= 0.3 is 0 Å². The zero-order valence-corrected chi connectivity index (χ0v) is 9.29. The molecule has 0 atom stereocenters. The average molecular weight is 215 g/mol. The van der Waals surface area contributed by atoms with Crippen molar-refractivity contribution in [1.29, 1.82) is 0 Å². The lowest BCUT2D eigenvalue weighted by atomic mass is 10.2. The van der Waals surface area contributed by atoms with Crippen LogP contribution < -0.4 is 0 Å². The van der Waals surface area contributed by atoms with E-state index in [0.29, 0.717) is 5.56 Å². The van der Waals surface area contributed by atoms with E-state index < -0.39 is 0 Å². The van der Waals surface area contributed by atoms with Gasteiger partial charge in [0, 0.05) is 32.6 Å². The SMILES string of the molecule is CN(C)/C=C/C(=O)c1cnn2ccccc12. The van der Waals surface area contributed by atoms with Crippen LogP contribution in [-0.2, 0) is 0 Å². The van der Waals surface area contributed by atoms with Gasteiger partial charge < -0.3 is 4.90 Å². The second kappa shape index (κ2) is 4.18. The van der Waals surface area contributed by atoms with Gasteiger partial charge in [-0.3, -0.25) is 4.79 Å². The molecule has 0 aliphatic rings. The Morgan fingerprint density at radius 2 is 2.25 bits per heavy atom. The molecule has 2 aromatic rings. The number of carbonyl (C=O) groups is 1. The maximum atomic E-state index is 11.9. The number of hydrogen-bond acceptors (Lipinski definition) is 3. The van der Waals surface area contributed by atoms with E-state index in [1.807, 2.05) is 43.4 Å². The van der Waals surface area contributed by atoms with Crippen LogP contribution in [-0.4, -0.2) is 34.4 Å². The predicted molar refractivity (Wildman–Crippen MR) is 62.3 cm³/mol. The molecule has 0 N–H and O–H groups in total. The summed E-state index contributed by atoms with van der Waals surface area (Å²) >= 11 is 0. The largest absolute Gasteiger partial charge is 0.383 e. The number of rotatable bonds is 3. The third-order valence-electron chi connectivity index (χ3n) is 2.22. The van der Waals surface area contributed by atoms with Crippen molar-refractivity contribution in [3.63, 3.8) is 0 Å². The summed E-state index contributed by atoms with van der Waals surface area (Å²) in [6.45, 7) is 0. The minimum atomic E-state index is -0.0325. The molecule has 2 rings (SSSR count). The minimum absolute atomic E-state index is 0.0325. The summed E-state index contributed by atoms with van der Waals surface area (Å²) in [4.78, 5) is 13.7. The van der Waals surface area contributed by atoms with Gasteiger partial charge in [-0.05, 0) is 12.1 Å². The van der Waals surface area contributed by atoms with E-state index in [4.69, 9.17) is 0 Å². The number of pyridine rings is 1. The van der Waals surface area contributed by atoms with E-state index in [-0.39, 0.29) is 5.78 Å². The fraction of sp³-hybridized carbons (Fsp3) is 0.167. The Bertz CT molecular complexity index is 540. The third-order valence-corrected chi connectivity index (χ3v) is 2.22. The van der Waals surface area contributed by atoms with Crippen LogP contribution in [0.2, 0.25) is 0 Å². The van der Waals surface area contributed by atoms with Gasteiger partial charge in [-0.1, -0.05) is 6.07 Å². The lowest BCUT2D eigenvalue weighted by Crippen LogP contribution is -2.03. The van der Waals surface area contributed by atoms with Crippen molar-refractivity contribution < 1.29 is 4.79 Å². The van der Waals surface area contributed by atoms with Crippen LogP contribution in [0.25, 0.3) is 5.52 Å². The zero-order chi connectivity index (χ0) is 11.5. The number of aromatic nitrogens is 2. The predicted octanol–water partition coefficient (Wildman–Crippen LogP) is 1.59. The highest BCUT2D eigenvalue weighted by atomic mass is 16.1. The number of fused-ring (bicyclic) bond motifs is 1. The van der Waals surface area contributed by atoms with Gasteiger partial charge in [-0.15, -0.1) is 0 Å². The molecule has 0 unspecified atom stereocenters. The third kappa shape index (κ3) is 1.95. The first kappa shape index (κ1) is 10.4. The van der Waals surface area contributed by atoms with Gasteiger partial charge in [0.25, 0.3) is 0 Å². The first-order valence-corrected chi connectivity index (χ1v) is 5.00. The molecule has 0 saturated heterocycles. The normalized spacial score (nSPS) is 11.1. The van der Waals surface area contributed by atoms with E-state index in [2.05, 4.69) is 5.10 Å². The van der Waals surface area contributed by atoms with Crippen molar-refractivity contribution in [2.75, 3.05) is 14.1 Å². The second-order valence-corrected chi connectivity index (χ2v) is 3.73. The molecule has 4 heteroatoms. The summed E-state index contributed by atoms with van der Waals surface area (Å²) in [5.41, 5.74) is 1.45. The molecule has 0 fully saturated rings.